The highest BCUT2D eigenvalue weighted by molar-refractivity contribution is 8.93. The van der Waals surface area contributed by atoms with Gasteiger partial charge in [0.2, 0.25) is 0 Å². The summed E-state index contributed by atoms with van der Waals surface area (Å²) in [5.74, 6) is 0. The van der Waals surface area contributed by atoms with E-state index in [1.165, 1.54) is 0 Å². The van der Waals surface area contributed by atoms with Crippen molar-refractivity contribution in [1.82, 2.24) is 4.90 Å². The highest BCUT2D eigenvalue weighted by Crippen LogP contribution is 2.35. The molecule has 0 amide bonds. The lowest BCUT2D eigenvalue weighted by molar-refractivity contribution is 0.0595. The zero-order valence-electron chi connectivity index (χ0n) is 11.9. The normalized spacial score (nSPS) is 11.6. The van der Waals surface area contributed by atoms with E-state index in [2.05, 4.69) is 29.5 Å². The van der Waals surface area contributed by atoms with Crippen LogP contribution in [0.1, 0.15) is 31.4 Å². The van der Waals surface area contributed by atoms with Crippen molar-refractivity contribution in [2.24, 2.45) is 0 Å². The predicted molar refractivity (Wildman–Crippen MR) is 94.4 cm³/mol. The summed E-state index contributed by atoms with van der Waals surface area (Å²) in [5, 5.41) is 19.3. The third kappa shape index (κ3) is 3.92. The molecule has 0 aliphatic heterocycles. The molecule has 0 atom stereocenters. The molecule has 0 spiro atoms. The second-order valence-electron chi connectivity index (χ2n) is 4.66. The van der Waals surface area contributed by atoms with Crippen LogP contribution in [0.5, 0.6) is 0 Å². The van der Waals surface area contributed by atoms with Gasteiger partial charge >= 0.3 is 0 Å². The number of halogens is 1. The lowest BCUT2D eigenvalue weighted by atomic mass is 9.86. The summed E-state index contributed by atoms with van der Waals surface area (Å²) < 4.78 is 0. The van der Waals surface area contributed by atoms with Crippen molar-refractivity contribution in [3.05, 3.63) is 44.8 Å². The van der Waals surface area contributed by atoms with Crippen molar-refractivity contribution in [2.75, 3.05) is 19.6 Å². The van der Waals surface area contributed by atoms with Gasteiger partial charge in [0.15, 0.2) is 0 Å². The summed E-state index contributed by atoms with van der Waals surface area (Å²) in [6.07, 6.45) is 0.738. The molecule has 2 aromatic heterocycles. The van der Waals surface area contributed by atoms with Crippen molar-refractivity contribution in [3.8, 4) is 0 Å². The minimum atomic E-state index is -0.845. The van der Waals surface area contributed by atoms with E-state index < -0.39 is 5.60 Å². The van der Waals surface area contributed by atoms with E-state index in [9.17, 15) is 5.11 Å². The summed E-state index contributed by atoms with van der Waals surface area (Å²) in [4.78, 5) is 2.35. The topological polar surface area (TPSA) is 23.5 Å². The Kier molecular flexibility index (Phi) is 7.40. The van der Waals surface area contributed by atoms with Crippen LogP contribution in [0.15, 0.2) is 33.7 Å². The van der Waals surface area contributed by atoms with Crippen LogP contribution in [0.25, 0.3) is 0 Å². The van der Waals surface area contributed by atoms with E-state index in [-0.39, 0.29) is 17.0 Å². The van der Waals surface area contributed by atoms with Crippen LogP contribution in [0.2, 0.25) is 0 Å². The largest absolute Gasteiger partial charge is 0.380 e. The molecule has 0 radical (unpaired) electrons. The van der Waals surface area contributed by atoms with E-state index >= 15 is 0 Å². The van der Waals surface area contributed by atoms with Crippen LogP contribution in [-0.2, 0) is 5.60 Å². The lowest BCUT2D eigenvalue weighted by Crippen LogP contribution is -2.33. The molecular weight excluding hydrogens is 354 g/mol. The first-order valence-corrected chi connectivity index (χ1v) is 8.59. The number of thiophene rings is 2. The second-order valence-corrected chi connectivity index (χ2v) is 6.22. The van der Waals surface area contributed by atoms with Crippen LogP contribution in [-0.4, -0.2) is 29.6 Å². The van der Waals surface area contributed by atoms with Crippen molar-refractivity contribution in [2.45, 2.75) is 25.9 Å². The number of hydrogen-bond donors (Lipinski definition) is 1. The average molecular weight is 376 g/mol. The molecule has 5 heteroatoms. The van der Waals surface area contributed by atoms with E-state index in [4.69, 9.17) is 0 Å². The summed E-state index contributed by atoms with van der Waals surface area (Å²) >= 11 is 3.28. The zero-order valence-corrected chi connectivity index (χ0v) is 15.3. The number of rotatable bonds is 7. The molecule has 20 heavy (non-hydrogen) atoms. The van der Waals surface area contributed by atoms with Gasteiger partial charge in [0.1, 0.15) is 5.60 Å². The van der Waals surface area contributed by atoms with Gasteiger partial charge in [0.05, 0.1) is 0 Å². The molecule has 112 valence electrons. The molecule has 0 bridgehead atoms. The maximum Gasteiger partial charge on any atom is 0.117 e. The van der Waals surface area contributed by atoms with Crippen LogP contribution in [0.3, 0.4) is 0 Å². The Morgan fingerprint density at radius 1 is 1.05 bits per heavy atom. The van der Waals surface area contributed by atoms with Crippen LogP contribution < -0.4 is 0 Å². The molecule has 0 aliphatic carbocycles. The van der Waals surface area contributed by atoms with Gasteiger partial charge in [-0.05, 0) is 64.3 Å². The summed E-state index contributed by atoms with van der Waals surface area (Å²) in [6, 6.07) is 4.06. The Morgan fingerprint density at radius 2 is 1.55 bits per heavy atom. The van der Waals surface area contributed by atoms with Crippen molar-refractivity contribution >= 4 is 39.7 Å². The number of hydrogen-bond acceptors (Lipinski definition) is 4. The van der Waals surface area contributed by atoms with Crippen LogP contribution >= 0.6 is 39.7 Å². The molecule has 0 aliphatic rings. The molecule has 0 saturated heterocycles. The summed E-state index contributed by atoms with van der Waals surface area (Å²) in [6.45, 7) is 7.30. The highest BCUT2D eigenvalue weighted by Gasteiger charge is 2.32. The first-order valence-electron chi connectivity index (χ1n) is 6.70. The first kappa shape index (κ1) is 17.9. The highest BCUT2D eigenvalue weighted by atomic mass is 79.9. The fourth-order valence-corrected chi connectivity index (χ4v) is 3.76. The van der Waals surface area contributed by atoms with E-state index in [0.29, 0.717) is 0 Å². The van der Waals surface area contributed by atoms with Crippen molar-refractivity contribution in [3.63, 3.8) is 0 Å². The predicted octanol–water partition coefficient (Wildman–Crippen LogP) is 4.36. The van der Waals surface area contributed by atoms with Gasteiger partial charge in [-0.15, -0.1) is 17.0 Å². The monoisotopic (exact) mass is 375 g/mol. The maximum atomic E-state index is 11.2. The Balaban J connectivity index is 0.00000200. The average Bonchev–Trinajstić information content (AvgIpc) is 3.13. The van der Waals surface area contributed by atoms with E-state index in [1.807, 2.05) is 22.9 Å². The molecular formula is C15H22BrNOS2. The molecule has 1 N–H and O–H groups in total. The van der Waals surface area contributed by atoms with Gasteiger partial charge in [0.25, 0.3) is 0 Å². The molecule has 2 rings (SSSR count). The molecule has 2 nitrogen and oxygen atoms in total. The third-order valence-corrected chi connectivity index (χ3v) is 5.05. The van der Waals surface area contributed by atoms with Gasteiger partial charge in [-0.1, -0.05) is 13.8 Å². The summed E-state index contributed by atoms with van der Waals surface area (Å²) in [5.41, 5.74) is 1.19. The van der Waals surface area contributed by atoms with E-state index in [0.717, 1.165) is 37.2 Å². The van der Waals surface area contributed by atoms with Gasteiger partial charge in [-0.2, -0.15) is 22.7 Å². The second kappa shape index (κ2) is 8.29. The van der Waals surface area contributed by atoms with Crippen molar-refractivity contribution < 1.29 is 5.11 Å². The summed E-state index contributed by atoms with van der Waals surface area (Å²) in [7, 11) is 0. The zero-order chi connectivity index (χ0) is 13.7. The first-order chi connectivity index (χ1) is 9.20. The molecule has 0 saturated carbocycles. The molecule has 2 heterocycles. The van der Waals surface area contributed by atoms with Gasteiger partial charge < -0.3 is 10.0 Å². The standard InChI is InChI=1S/C15H21NOS2.BrH/c1-3-16(4-2)8-7-15(17,13-5-9-18-11-13)14-6-10-19-12-14;/h5-6,9-12,17H,3-4,7-8H2,1-2H3;1H. The van der Waals surface area contributed by atoms with Crippen LogP contribution in [0.4, 0.5) is 0 Å². The fraction of sp³-hybridized carbons (Fsp3) is 0.467. The Hall–Kier alpha value is -0.200. The molecule has 2 aromatic rings. The molecule has 0 unspecified atom stereocenters. The SMILES string of the molecule is Br.CCN(CC)CCC(O)(c1ccsc1)c1ccsc1. The van der Waals surface area contributed by atoms with Gasteiger partial charge in [-0.25, -0.2) is 0 Å². The van der Waals surface area contributed by atoms with Gasteiger partial charge in [-0.3, -0.25) is 0 Å². The third-order valence-electron chi connectivity index (χ3n) is 3.68. The number of aliphatic hydroxyl groups is 1. The maximum absolute atomic E-state index is 11.2. The quantitative estimate of drug-likeness (QED) is 0.776. The lowest BCUT2D eigenvalue weighted by Gasteiger charge is -2.30. The number of nitrogens with zero attached hydrogens (tertiary/aromatic N) is 1. The molecule has 0 fully saturated rings. The molecule has 0 aromatic carbocycles. The Bertz CT molecular complexity index is 432. The minimum Gasteiger partial charge on any atom is -0.380 e. The Labute approximate surface area is 139 Å². The van der Waals surface area contributed by atoms with Gasteiger partial charge in [0, 0.05) is 6.54 Å². The minimum absolute atomic E-state index is 0. The fourth-order valence-electron chi connectivity index (χ4n) is 2.31. The Morgan fingerprint density at radius 3 is 1.90 bits per heavy atom. The van der Waals surface area contributed by atoms with E-state index in [1.54, 1.807) is 22.7 Å². The smallest absolute Gasteiger partial charge is 0.117 e. The van der Waals surface area contributed by atoms with Crippen LogP contribution in [0, 0.1) is 0 Å². The van der Waals surface area contributed by atoms with Crippen molar-refractivity contribution in [1.29, 1.82) is 0 Å².